The third-order valence-corrected chi connectivity index (χ3v) is 6.59. The van der Waals surface area contributed by atoms with Gasteiger partial charge in [-0.15, -0.1) is 0 Å². The minimum atomic E-state index is -0.454. The van der Waals surface area contributed by atoms with Crippen LogP contribution in [0.15, 0.2) is 63.9 Å². The van der Waals surface area contributed by atoms with Crippen LogP contribution in [-0.4, -0.2) is 40.8 Å². The van der Waals surface area contributed by atoms with Crippen LogP contribution in [0.25, 0.3) is 17.4 Å². The summed E-state index contributed by atoms with van der Waals surface area (Å²) in [4.78, 5) is 25.4. The Bertz CT molecular complexity index is 1280. The number of carbonyl (C=O) groups is 1. The van der Waals surface area contributed by atoms with Crippen molar-refractivity contribution in [3.63, 3.8) is 0 Å². The lowest BCUT2D eigenvalue weighted by Gasteiger charge is -2.15. The number of nitro benzene ring substituents is 1. The normalized spacial score (nSPS) is 14.6. The van der Waals surface area contributed by atoms with E-state index in [4.69, 9.17) is 26.1 Å². The molecule has 0 spiro atoms. The van der Waals surface area contributed by atoms with E-state index in [2.05, 4.69) is 0 Å². The van der Waals surface area contributed by atoms with Crippen LogP contribution < -0.4 is 9.47 Å². The van der Waals surface area contributed by atoms with Gasteiger partial charge in [0.05, 0.1) is 24.0 Å². The summed E-state index contributed by atoms with van der Waals surface area (Å²) in [6.07, 6.45) is 2.26. The molecule has 1 fully saturated rings. The lowest BCUT2D eigenvalue weighted by Crippen LogP contribution is -2.30. The molecule has 1 amide bonds. The van der Waals surface area contributed by atoms with Gasteiger partial charge in [0.1, 0.15) is 15.8 Å². The molecule has 2 aromatic carbocycles. The zero-order valence-electron chi connectivity index (χ0n) is 18.3. The average molecular weight is 497 g/mol. The molecule has 1 saturated heterocycles. The van der Waals surface area contributed by atoms with Gasteiger partial charge in [0.2, 0.25) is 0 Å². The number of hydrogen-bond donors (Lipinski definition) is 0. The fourth-order valence-electron chi connectivity index (χ4n) is 3.43. The van der Waals surface area contributed by atoms with Gasteiger partial charge in [0.25, 0.3) is 11.6 Å². The Morgan fingerprint density at radius 2 is 1.82 bits per heavy atom. The molecule has 0 bridgehead atoms. The Kier molecular flexibility index (Phi) is 6.99. The summed E-state index contributed by atoms with van der Waals surface area (Å²) >= 11 is 6.65. The largest absolute Gasteiger partial charge is 0.493 e. The molecular weight excluding hydrogens is 476 g/mol. The molecule has 174 valence electrons. The number of furan rings is 1. The molecule has 0 atom stereocenters. The molecule has 0 unspecified atom stereocenters. The molecule has 34 heavy (non-hydrogen) atoms. The lowest BCUT2D eigenvalue weighted by molar-refractivity contribution is -0.384. The highest BCUT2D eigenvalue weighted by molar-refractivity contribution is 8.26. The fourth-order valence-corrected chi connectivity index (χ4v) is 4.72. The number of hydrogen-bond acceptors (Lipinski definition) is 8. The van der Waals surface area contributed by atoms with E-state index in [1.165, 1.54) is 23.9 Å². The number of thiocarbonyl (C=S) groups is 1. The maximum absolute atomic E-state index is 12.9. The molecule has 1 aromatic heterocycles. The molecule has 0 saturated carbocycles. The first kappa shape index (κ1) is 23.5. The van der Waals surface area contributed by atoms with E-state index in [9.17, 15) is 14.9 Å². The number of nitrogens with zero attached hydrogens (tertiary/aromatic N) is 2. The van der Waals surface area contributed by atoms with Gasteiger partial charge in [-0.25, -0.2) is 0 Å². The summed E-state index contributed by atoms with van der Waals surface area (Å²) < 4.78 is 16.9. The van der Waals surface area contributed by atoms with E-state index in [1.54, 1.807) is 49.5 Å². The predicted octanol–water partition coefficient (Wildman–Crippen LogP) is 5.32. The van der Waals surface area contributed by atoms with Gasteiger partial charge in [-0.1, -0.05) is 30.0 Å². The van der Waals surface area contributed by atoms with Gasteiger partial charge in [0, 0.05) is 30.3 Å². The zero-order valence-corrected chi connectivity index (χ0v) is 20.0. The smallest absolute Gasteiger partial charge is 0.269 e. The Hall–Kier alpha value is -3.63. The van der Waals surface area contributed by atoms with Crippen molar-refractivity contribution in [1.82, 2.24) is 4.90 Å². The summed E-state index contributed by atoms with van der Waals surface area (Å²) in [6, 6.07) is 15.2. The Morgan fingerprint density at radius 3 is 2.50 bits per heavy atom. The predicted molar refractivity (Wildman–Crippen MR) is 134 cm³/mol. The number of non-ortho nitro benzene ring substituents is 1. The van der Waals surface area contributed by atoms with Gasteiger partial charge < -0.3 is 13.9 Å². The van der Waals surface area contributed by atoms with Gasteiger partial charge >= 0.3 is 0 Å². The maximum Gasteiger partial charge on any atom is 0.269 e. The van der Waals surface area contributed by atoms with E-state index in [0.29, 0.717) is 50.8 Å². The highest BCUT2D eigenvalue weighted by Gasteiger charge is 2.32. The molecule has 10 heteroatoms. The number of benzene rings is 2. The van der Waals surface area contributed by atoms with Crippen LogP contribution in [0.4, 0.5) is 5.69 Å². The van der Waals surface area contributed by atoms with Crippen molar-refractivity contribution in [2.45, 2.75) is 6.42 Å². The first-order valence-corrected chi connectivity index (χ1v) is 11.4. The molecule has 1 aliphatic rings. The second kappa shape index (κ2) is 10.1. The number of methoxy groups -OCH3 is 2. The average Bonchev–Trinajstić information content (AvgIpc) is 3.41. The second-order valence-corrected chi connectivity index (χ2v) is 8.95. The van der Waals surface area contributed by atoms with Gasteiger partial charge in [-0.3, -0.25) is 19.8 Å². The summed E-state index contributed by atoms with van der Waals surface area (Å²) in [5.74, 6) is 2.14. The molecule has 8 nitrogen and oxygen atoms in total. The lowest BCUT2D eigenvalue weighted by atomic mass is 10.1. The van der Waals surface area contributed by atoms with Crippen LogP contribution in [0, 0.1) is 10.1 Å². The summed E-state index contributed by atoms with van der Waals surface area (Å²) in [7, 11) is 3.16. The van der Waals surface area contributed by atoms with Crippen LogP contribution in [0.5, 0.6) is 11.5 Å². The van der Waals surface area contributed by atoms with Crippen molar-refractivity contribution < 1.29 is 23.6 Å². The van der Waals surface area contributed by atoms with E-state index < -0.39 is 4.92 Å². The highest BCUT2D eigenvalue weighted by Crippen LogP contribution is 2.34. The quantitative estimate of drug-likeness (QED) is 0.179. The number of thioether (sulfide) groups is 1. The number of carbonyl (C=O) groups excluding carboxylic acids is 1. The van der Waals surface area contributed by atoms with Gasteiger partial charge in [-0.2, -0.15) is 0 Å². The summed E-state index contributed by atoms with van der Waals surface area (Å²) in [5.41, 5.74) is 1.70. The molecular formula is C24H20N2O6S2. The van der Waals surface area contributed by atoms with Crippen molar-refractivity contribution in [3.8, 4) is 22.8 Å². The standard InChI is InChI=1S/C24H20N2O6S2/c1-30-20-9-3-15(13-21(20)31-2)11-12-25-23(27)22(34-24(25)33)14-18-8-10-19(32-18)16-4-6-17(7-5-16)26(28)29/h3-10,13-14H,11-12H2,1-2H3/b22-14+. The second-order valence-electron chi connectivity index (χ2n) is 7.28. The monoisotopic (exact) mass is 496 g/mol. The van der Waals surface area contributed by atoms with E-state index in [-0.39, 0.29) is 11.6 Å². The van der Waals surface area contributed by atoms with Crippen LogP contribution >= 0.6 is 24.0 Å². The number of nitro groups is 1. The SMILES string of the molecule is COc1ccc(CCN2C(=O)/C(=C\c3ccc(-c4ccc([N+](=O)[O-])cc4)o3)SC2=S)cc1OC. The Balaban J connectivity index is 1.44. The van der Waals surface area contributed by atoms with Crippen molar-refractivity contribution in [2.75, 3.05) is 20.8 Å². The number of rotatable bonds is 8. The molecule has 3 aromatic rings. The zero-order chi connectivity index (χ0) is 24.2. The van der Waals surface area contributed by atoms with Crippen LogP contribution in [0.3, 0.4) is 0 Å². The molecule has 0 radical (unpaired) electrons. The van der Waals surface area contributed by atoms with Crippen molar-refractivity contribution >= 4 is 46.0 Å². The van der Waals surface area contributed by atoms with E-state index >= 15 is 0 Å². The Morgan fingerprint density at radius 1 is 1.09 bits per heavy atom. The van der Waals surface area contributed by atoms with Crippen LogP contribution in [-0.2, 0) is 11.2 Å². The summed E-state index contributed by atoms with van der Waals surface area (Å²) in [5, 5.41) is 10.8. The first-order valence-electron chi connectivity index (χ1n) is 10.2. The van der Waals surface area contributed by atoms with Crippen LogP contribution in [0.1, 0.15) is 11.3 Å². The van der Waals surface area contributed by atoms with E-state index in [1.807, 2.05) is 18.2 Å². The third-order valence-electron chi connectivity index (χ3n) is 5.21. The first-order chi connectivity index (χ1) is 16.4. The molecule has 0 aliphatic carbocycles. The van der Waals surface area contributed by atoms with Crippen LogP contribution in [0.2, 0.25) is 0 Å². The minimum Gasteiger partial charge on any atom is -0.493 e. The molecule has 2 heterocycles. The van der Waals surface area contributed by atoms with Crippen molar-refractivity contribution in [3.05, 3.63) is 80.9 Å². The maximum atomic E-state index is 12.9. The number of amides is 1. The third kappa shape index (κ3) is 4.97. The van der Waals surface area contributed by atoms with Gasteiger partial charge in [0.15, 0.2) is 11.5 Å². The summed E-state index contributed by atoms with van der Waals surface area (Å²) in [6.45, 7) is 0.434. The molecule has 4 rings (SSSR count). The molecule has 1 aliphatic heterocycles. The minimum absolute atomic E-state index is 0.00675. The van der Waals surface area contributed by atoms with Crippen molar-refractivity contribution in [2.24, 2.45) is 0 Å². The van der Waals surface area contributed by atoms with E-state index in [0.717, 1.165) is 5.56 Å². The number of ether oxygens (including phenoxy) is 2. The topological polar surface area (TPSA) is 95.0 Å². The van der Waals surface area contributed by atoms with Crippen molar-refractivity contribution in [1.29, 1.82) is 0 Å². The highest BCUT2D eigenvalue weighted by atomic mass is 32.2. The van der Waals surface area contributed by atoms with Gasteiger partial charge in [-0.05, 0) is 48.4 Å². The molecule has 0 N–H and O–H groups in total. The Labute approximate surface area is 205 Å². The fraction of sp³-hybridized carbons (Fsp3) is 0.167.